The fourth-order valence-electron chi connectivity index (χ4n) is 2.01. The second kappa shape index (κ2) is 5.98. The maximum atomic E-state index is 9.06. The molecule has 17 heavy (non-hydrogen) atoms. The molecule has 1 saturated carbocycles. The minimum absolute atomic E-state index is 0.226. The Morgan fingerprint density at radius 3 is 2.94 bits per heavy atom. The second-order valence-corrected chi connectivity index (χ2v) is 4.47. The lowest BCUT2D eigenvalue weighted by Gasteiger charge is -2.20. The molecule has 0 aromatic carbocycles. The first-order chi connectivity index (χ1) is 8.33. The Hall–Kier alpha value is -1.13. The molecule has 4 nitrogen and oxygen atoms in total. The highest BCUT2D eigenvalue weighted by atomic mass is 16.3. The van der Waals surface area contributed by atoms with Crippen molar-refractivity contribution in [3.8, 4) is 0 Å². The summed E-state index contributed by atoms with van der Waals surface area (Å²) in [4.78, 5) is 6.88. The van der Waals surface area contributed by atoms with Gasteiger partial charge in [0.25, 0.3) is 0 Å². The van der Waals surface area contributed by atoms with Crippen LogP contribution in [0.25, 0.3) is 0 Å². The third-order valence-corrected chi connectivity index (χ3v) is 2.98. The molecule has 0 bridgehead atoms. The van der Waals surface area contributed by atoms with E-state index in [0.717, 1.165) is 31.1 Å². The van der Waals surface area contributed by atoms with Crippen LogP contribution in [0.15, 0.2) is 18.2 Å². The van der Waals surface area contributed by atoms with Gasteiger partial charge < -0.3 is 10.4 Å². The van der Waals surface area contributed by atoms with E-state index in [4.69, 9.17) is 5.11 Å². The number of aliphatic hydroxyl groups excluding tert-OH is 1. The van der Waals surface area contributed by atoms with Crippen LogP contribution in [0.5, 0.6) is 0 Å². The standard InChI is InChI=1S/C13H21N3O/c1-2-14-13-5-3-4-11(15-13)10-16(8-9-17)12-6-7-12/h3-5,12,17H,2,6-10H2,1H3,(H,14,15). The number of rotatable bonds is 7. The second-order valence-electron chi connectivity index (χ2n) is 4.47. The fraction of sp³-hybridized carbons (Fsp3) is 0.615. The summed E-state index contributed by atoms with van der Waals surface area (Å²) in [6.07, 6.45) is 2.51. The molecule has 4 heteroatoms. The molecule has 0 radical (unpaired) electrons. The molecule has 2 rings (SSSR count). The maximum Gasteiger partial charge on any atom is 0.126 e. The summed E-state index contributed by atoms with van der Waals surface area (Å²) < 4.78 is 0. The average Bonchev–Trinajstić information content (AvgIpc) is 3.13. The predicted molar refractivity (Wildman–Crippen MR) is 68.9 cm³/mol. The quantitative estimate of drug-likeness (QED) is 0.751. The van der Waals surface area contributed by atoms with Crippen LogP contribution in [0, 0.1) is 0 Å². The van der Waals surface area contributed by atoms with Crippen LogP contribution in [0.4, 0.5) is 5.82 Å². The Balaban J connectivity index is 1.97. The van der Waals surface area contributed by atoms with Gasteiger partial charge in [-0.25, -0.2) is 4.98 Å². The summed E-state index contributed by atoms with van der Waals surface area (Å²) in [6.45, 7) is 4.77. The van der Waals surface area contributed by atoms with Crippen LogP contribution < -0.4 is 5.32 Å². The summed E-state index contributed by atoms with van der Waals surface area (Å²) in [5, 5.41) is 12.3. The van der Waals surface area contributed by atoms with E-state index in [-0.39, 0.29) is 6.61 Å². The van der Waals surface area contributed by atoms with E-state index in [2.05, 4.69) is 22.1 Å². The molecule has 1 aliphatic rings. The first-order valence-corrected chi connectivity index (χ1v) is 6.38. The van der Waals surface area contributed by atoms with E-state index >= 15 is 0 Å². The summed E-state index contributed by atoms with van der Waals surface area (Å²) in [7, 11) is 0. The summed E-state index contributed by atoms with van der Waals surface area (Å²) in [5.41, 5.74) is 1.07. The Kier molecular flexibility index (Phi) is 4.34. The normalized spacial score (nSPS) is 15.2. The monoisotopic (exact) mass is 235 g/mol. The van der Waals surface area contributed by atoms with Crippen molar-refractivity contribution in [1.29, 1.82) is 0 Å². The smallest absolute Gasteiger partial charge is 0.126 e. The molecule has 1 heterocycles. The number of aromatic nitrogens is 1. The molecule has 0 unspecified atom stereocenters. The van der Waals surface area contributed by atoms with Crippen molar-refractivity contribution in [3.63, 3.8) is 0 Å². The molecule has 1 aliphatic carbocycles. The number of anilines is 1. The lowest BCUT2D eigenvalue weighted by molar-refractivity contribution is 0.182. The van der Waals surface area contributed by atoms with Crippen LogP contribution in [-0.4, -0.2) is 40.7 Å². The van der Waals surface area contributed by atoms with Gasteiger partial charge in [-0.2, -0.15) is 0 Å². The van der Waals surface area contributed by atoms with Gasteiger partial charge in [0, 0.05) is 25.7 Å². The highest BCUT2D eigenvalue weighted by molar-refractivity contribution is 5.35. The molecule has 94 valence electrons. The Bertz CT molecular complexity index is 352. The van der Waals surface area contributed by atoms with Crippen LogP contribution in [0.2, 0.25) is 0 Å². The maximum absolute atomic E-state index is 9.06. The zero-order chi connectivity index (χ0) is 12.1. The predicted octanol–water partition coefficient (Wildman–Crippen LogP) is 1.47. The first-order valence-electron chi connectivity index (χ1n) is 6.38. The van der Waals surface area contributed by atoms with Gasteiger partial charge in [0.1, 0.15) is 5.82 Å². The number of nitrogens with zero attached hydrogens (tertiary/aromatic N) is 2. The van der Waals surface area contributed by atoms with Gasteiger partial charge in [-0.3, -0.25) is 4.90 Å². The summed E-state index contributed by atoms with van der Waals surface area (Å²) >= 11 is 0. The van der Waals surface area contributed by atoms with E-state index in [9.17, 15) is 0 Å². The molecule has 0 amide bonds. The van der Waals surface area contributed by atoms with Gasteiger partial charge in [0.2, 0.25) is 0 Å². The van der Waals surface area contributed by atoms with Gasteiger partial charge in [-0.1, -0.05) is 6.07 Å². The van der Waals surface area contributed by atoms with Crippen molar-refractivity contribution in [2.75, 3.05) is 25.0 Å². The molecular formula is C13H21N3O. The van der Waals surface area contributed by atoms with E-state index in [0.29, 0.717) is 6.04 Å². The van der Waals surface area contributed by atoms with Crippen molar-refractivity contribution in [2.24, 2.45) is 0 Å². The topological polar surface area (TPSA) is 48.4 Å². The lowest BCUT2D eigenvalue weighted by atomic mass is 10.3. The fourth-order valence-corrected chi connectivity index (χ4v) is 2.01. The lowest BCUT2D eigenvalue weighted by Crippen LogP contribution is -2.29. The van der Waals surface area contributed by atoms with Crippen molar-refractivity contribution in [2.45, 2.75) is 32.4 Å². The number of pyridine rings is 1. The molecule has 1 aromatic heterocycles. The van der Waals surface area contributed by atoms with Crippen LogP contribution in [0.1, 0.15) is 25.5 Å². The Morgan fingerprint density at radius 2 is 2.29 bits per heavy atom. The van der Waals surface area contributed by atoms with Gasteiger partial charge in [0.15, 0.2) is 0 Å². The van der Waals surface area contributed by atoms with Gasteiger partial charge in [0.05, 0.1) is 12.3 Å². The number of nitrogens with one attached hydrogen (secondary N) is 1. The Labute approximate surface area is 103 Å². The molecule has 0 saturated heterocycles. The van der Waals surface area contributed by atoms with Crippen molar-refractivity contribution >= 4 is 5.82 Å². The number of aliphatic hydroxyl groups is 1. The molecule has 0 aliphatic heterocycles. The Morgan fingerprint density at radius 1 is 1.47 bits per heavy atom. The SMILES string of the molecule is CCNc1cccc(CN(CCO)C2CC2)n1. The molecule has 0 spiro atoms. The minimum atomic E-state index is 0.226. The number of hydrogen-bond donors (Lipinski definition) is 2. The van der Waals surface area contributed by atoms with Crippen LogP contribution >= 0.6 is 0 Å². The number of hydrogen-bond acceptors (Lipinski definition) is 4. The van der Waals surface area contributed by atoms with Crippen molar-refractivity contribution in [3.05, 3.63) is 23.9 Å². The van der Waals surface area contributed by atoms with E-state index < -0.39 is 0 Å². The minimum Gasteiger partial charge on any atom is -0.395 e. The molecular weight excluding hydrogens is 214 g/mol. The van der Waals surface area contributed by atoms with E-state index in [1.165, 1.54) is 12.8 Å². The van der Waals surface area contributed by atoms with Gasteiger partial charge in [-0.05, 0) is 31.9 Å². The average molecular weight is 235 g/mol. The third kappa shape index (κ3) is 3.68. The van der Waals surface area contributed by atoms with Gasteiger partial charge >= 0.3 is 0 Å². The first kappa shape index (κ1) is 12.3. The van der Waals surface area contributed by atoms with Crippen LogP contribution in [-0.2, 0) is 6.54 Å². The highest BCUT2D eigenvalue weighted by Crippen LogP contribution is 2.27. The highest BCUT2D eigenvalue weighted by Gasteiger charge is 2.28. The van der Waals surface area contributed by atoms with E-state index in [1.54, 1.807) is 0 Å². The van der Waals surface area contributed by atoms with Crippen LogP contribution in [0.3, 0.4) is 0 Å². The molecule has 1 fully saturated rings. The van der Waals surface area contributed by atoms with E-state index in [1.807, 2.05) is 18.2 Å². The molecule has 1 aromatic rings. The zero-order valence-corrected chi connectivity index (χ0v) is 10.4. The zero-order valence-electron chi connectivity index (χ0n) is 10.4. The molecule has 0 atom stereocenters. The van der Waals surface area contributed by atoms with Crippen molar-refractivity contribution < 1.29 is 5.11 Å². The largest absolute Gasteiger partial charge is 0.395 e. The summed E-state index contributed by atoms with van der Waals surface area (Å²) in [5.74, 6) is 0.935. The van der Waals surface area contributed by atoms with Crippen molar-refractivity contribution in [1.82, 2.24) is 9.88 Å². The molecule has 2 N–H and O–H groups in total. The van der Waals surface area contributed by atoms with Gasteiger partial charge in [-0.15, -0.1) is 0 Å². The summed E-state index contributed by atoms with van der Waals surface area (Å²) in [6, 6.07) is 6.73. The third-order valence-electron chi connectivity index (χ3n) is 2.98.